The Bertz CT molecular complexity index is 877. The van der Waals surface area contributed by atoms with Crippen LogP contribution in [0.15, 0.2) is 36.4 Å². The molecule has 1 N–H and O–H groups in total. The number of aryl methyl sites for hydroxylation is 2. The Kier molecular flexibility index (Phi) is 5.01. The summed E-state index contributed by atoms with van der Waals surface area (Å²) in [7, 11) is -3.96. The number of fused-ring (bicyclic) bond motifs is 2. The topological polar surface area (TPSA) is 66.8 Å². The van der Waals surface area contributed by atoms with Gasteiger partial charge in [-0.2, -0.15) is 8.42 Å². The summed E-state index contributed by atoms with van der Waals surface area (Å²) in [5, 5.41) is 0. The van der Waals surface area contributed by atoms with E-state index in [1.807, 2.05) is 24.3 Å². The Morgan fingerprint density at radius 3 is 2.52 bits per heavy atom. The van der Waals surface area contributed by atoms with E-state index in [0.29, 0.717) is 13.0 Å². The van der Waals surface area contributed by atoms with Gasteiger partial charge in [-0.25, -0.2) is 0 Å². The third-order valence-electron chi connectivity index (χ3n) is 4.43. The van der Waals surface area contributed by atoms with E-state index >= 15 is 0 Å². The minimum absolute atomic E-state index is 0.254. The lowest BCUT2D eigenvalue weighted by atomic mass is 10.0. The number of benzene rings is 2. The molecule has 1 aliphatic heterocycles. The van der Waals surface area contributed by atoms with Crippen LogP contribution in [-0.2, 0) is 23.0 Å². The van der Waals surface area contributed by atoms with Gasteiger partial charge in [-0.1, -0.05) is 32.0 Å². The number of ether oxygens (including phenoxy) is 1. The zero-order chi connectivity index (χ0) is 18.0. The largest absolute Gasteiger partial charge is 0.453 e. The Balaban J connectivity index is 2.04. The van der Waals surface area contributed by atoms with E-state index < -0.39 is 10.1 Å². The molecule has 0 saturated heterocycles. The van der Waals surface area contributed by atoms with Crippen molar-refractivity contribution in [3.63, 3.8) is 0 Å². The molecule has 0 spiro atoms. The summed E-state index contributed by atoms with van der Waals surface area (Å²) in [5.74, 6) is 1.31. The highest BCUT2D eigenvalue weighted by atomic mass is 32.2. The monoisotopic (exact) mass is 361 g/mol. The number of hydrogen-bond acceptors (Lipinski definition) is 4. The number of nitrogens with zero attached hydrogens (tertiary/aromatic N) is 1. The minimum atomic E-state index is -3.96. The van der Waals surface area contributed by atoms with Gasteiger partial charge in [0.05, 0.1) is 17.1 Å². The normalized spacial score (nSPS) is 13.2. The second-order valence-electron chi connectivity index (χ2n) is 6.17. The van der Waals surface area contributed by atoms with Gasteiger partial charge in [0.25, 0.3) is 10.1 Å². The van der Waals surface area contributed by atoms with Gasteiger partial charge in [0.1, 0.15) is 0 Å². The summed E-state index contributed by atoms with van der Waals surface area (Å²) >= 11 is 0. The lowest BCUT2D eigenvalue weighted by molar-refractivity contribution is 0.470. The predicted octanol–water partition coefficient (Wildman–Crippen LogP) is 4.33. The molecule has 5 nitrogen and oxygen atoms in total. The Hall–Kier alpha value is -2.05. The third-order valence-corrected chi connectivity index (χ3v) is 5.24. The molecule has 2 aromatic carbocycles. The van der Waals surface area contributed by atoms with Crippen LogP contribution in [0.2, 0.25) is 0 Å². The average Bonchev–Trinajstić information content (AvgIpc) is 2.58. The molecular weight excluding hydrogens is 338 g/mol. The number of rotatable bonds is 6. The Morgan fingerprint density at radius 1 is 1.08 bits per heavy atom. The van der Waals surface area contributed by atoms with Gasteiger partial charge in [-0.3, -0.25) is 4.55 Å². The van der Waals surface area contributed by atoms with E-state index in [9.17, 15) is 8.42 Å². The highest BCUT2D eigenvalue weighted by Crippen LogP contribution is 2.48. The van der Waals surface area contributed by atoms with Crippen molar-refractivity contribution < 1.29 is 17.7 Å². The maximum atomic E-state index is 11.1. The molecule has 0 amide bonds. The smallest absolute Gasteiger partial charge is 0.264 e. The minimum Gasteiger partial charge on any atom is -0.453 e. The summed E-state index contributed by atoms with van der Waals surface area (Å²) in [6.45, 7) is 4.71. The van der Waals surface area contributed by atoms with Gasteiger partial charge < -0.3 is 9.64 Å². The van der Waals surface area contributed by atoms with Gasteiger partial charge >= 0.3 is 0 Å². The van der Waals surface area contributed by atoms with Crippen LogP contribution in [0.5, 0.6) is 11.5 Å². The van der Waals surface area contributed by atoms with Gasteiger partial charge in [-0.15, -0.1) is 0 Å². The lowest BCUT2D eigenvalue weighted by Gasteiger charge is -2.34. The van der Waals surface area contributed by atoms with Crippen molar-refractivity contribution in [3.05, 3.63) is 47.5 Å². The van der Waals surface area contributed by atoms with Gasteiger partial charge in [-0.05, 0) is 48.6 Å². The zero-order valence-corrected chi connectivity index (χ0v) is 15.3. The number of para-hydroxylation sites is 2. The summed E-state index contributed by atoms with van der Waals surface area (Å²) in [4.78, 5) is 2.11. The van der Waals surface area contributed by atoms with Crippen LogP contribution in [0.1, 0.15) is 31.4 Å². The van der Waals surface area contributed by atoms with E-state index in [4.69, 9.17) is 9.29 Å². The van der Waals surface area contributed by atoms with Crippen molar-refractivity contribution in [2.45, 2.75) is 33.1 Å². The predicted molar refractivity (Wildman–Crippen MR) is 99.8 cm³/mol. The number of anilines is 2. The molecule has 0 aliphatic carbocycles. The van der Waals surface area contributed by atoms with Crippen molar-refractivity contribution >= 4 is 21.5 Å². The highest BCUT2D eigenvalue weighted by molar-refractivity contribution is 7.85. The van der Waals surface area contributed by atoms with Gasteiger partial charge in [0, 0.05) is 6.54 Å². The molecule has 2 aromatic rings. The second-order valence-corrected chi connectivity index (χ2v) is 7.74. The van der Waals surface area contributed by atoms with E-state index in [-0.39, 0.29) is 5.75 Å². The molecule has 0 atom stereocenters. The fourth-order valence-corrected chi connectivity index (χ4v) is 3.72. The highest BCUT2D eigenvalue weighted by Gasteiger charge is 2.27. The SMILES string of the molecule is CCc1cc(CC)c2c(c1)Oc1ccccc1N2CCCS(=O)(=O)O. The van der Waals surface area contributed by atoms with Crippen molar-refractivity contribution in [1.82, 2.24) is 0 Å². The van der Waals surface area contributed by atoms with E-state index in [2.05, 4.69) is 30.9 Å². The molecular formula is C19H23NO4S. The molecule has 0 unspecified atom stereocenters. The molecule has 0 aromatic heterocycles. The first kappa shape index (κ1) is 17.8. The van der Waals surface area contributed by atoms with Crippen molar-refractivity contribution in [3.8, 4) is 11.5 Å². The maximum absolute atomic E-state index is 11.1. The summed E-state index contributed by atoms with van der Waals surface area (Å²) in [5.41, 5.74) is 4.31. The Morgan fingerprint density at radius 2 is 1.84 bits per heavy atom. The molecule has 0 saturated carbocycles. The van der Waals surface area contributed by atoms with Crippen LogP contribution < -0.4 is 9.64 Å². The molecule has 3 rings (SSSR count). The van der Waals surface area contributed by atoms with Crippen molar-refractivity contribution in [2.75, 3.05) is 17.2 Å². The van der Waals surface area contributed by atoms with Crippen LogP contribution in [0.3, 0.4) is 0 Å². The average molecular weight is 361 g/mol. The molecule has 0 radical (unpaired) electrons. The fourth-order valence-electron chi connectivity index (χ4n) is 3.23. The van der Waals surface area contributed by atoms with Crippen LogP contribution in [0, 0.1) is 0 Å². The number of hydrogen-bond donors (Lipinski definition) is 1. The molecule has 134 valence electrons. The van der Waals surface area contributed by atoms with E-state index in [0.717, 1.165) is 35.7 Å². The summed E-state index contributed by atoms with van der Waals surface area (Å²) in [6.07, 6.45) is 2.12. The Labute approximate surface area is 149 Å². The summed E-state index contributed by atoms with van der Waals surface area (Å²) in [6, 6.07) is 12.0. The molecule has 0 bridgehead atoms. The standard InChI is InChI=1S/C19H23NO4S/c1-3-14-12-15(4-2)19-18(13-14)24-17-9-6-5-8-16(17)20(19)10-7-11-25(21,22)23/h5-6,8-9,12-13H,3-4,7,10-11H2,1-2H3,(H,21,22,23). The first-order valence-corrected chi connectivity index (χ1v) is 10.2. The van der Waals surface area contributed by atoms with E-state index in [1.54, 1.807) is 0 Å². The van der Waals surface area contributed by atoms with E-state index in [1.165, 1.54) is 11.1 Å². The summed E-state index contributed by atoms with van der Waals surface area (Å²) < 4.78 is 37.3. The maximum Gasteiger partial charge on any atom is 0.264 e. The fraction of sp³-hybridized carbons (Fsp3) is 0.368. The second kappa shape index (κ2) is 7.06. The molecule has 1 heterocycles. The molecule has 25 heavy (non-hydrogen) atoms. The first-order valence-electron chi connectivity index (χ1n) is 8.58. The van der Waals surface area contributed by atoms with Crippen LogP contribution >= 0.6 is 0 Å². The molecule has 6 heteroatoms. The molecule has 1 aliphatic rings. The van der Waals surface area contributed by atoms with Gasteiger partial charge in [0.2, 0.25) is 0 Å². The van der Waals surface area contributed by atoms with Gasteiger partial charge in [0.15, 0.2) is 11.5 Å². The lowest BCUT2D eigenvalue weighted by Crippen LogP contribution is -2.25. The first-order chi connectivity index (χ1) is 11.9. The quantitative estimate of drug-likeness (QED) is 0.776. The molecule has 0 fully saturated rings. The van der Waals surface area contributed by atoms with Crippen molar-refractivity contribution in [1.29, 1.82) is 0 Å². The van der Waals surface area contributed by atoms with Crippen LogP contribution in [0.25, 0.3) is 0 Å². The zero-order valence-electron chi connectivity index (χ0n) is 14.5. The third kappa shape index (κ3) is 3.80. The van der Waals surface area contributed by atoms with Crippen molar-refractivity contribution in [2.24, 2.45) is 0 Å². The van der Waals surface area contributed by atoms with Crippen LogP contribution in [-0.4, -0.2) is 25.3 Å². The van der Waals surface area contributed by atoms with Crippen LogP contribution in [0.4, 0.5) is 11.4 Å².